The second-order valence-electron chi connectivity index (χ2n) is 5.44. The molecule has 0 saturated heterocycles. The summed E-state index contributed by atoms with van der Waals surface area (Å²) in [5.41, 5.74) is 2.82. The van der Waals surface area contributed by atoms with Crippen LogP contribution in [-0.4, -0.2) is 31.8 Å². The molecular weight excluding hydrogens is 276 g/mol. The molecule has 0 unspecified atom stereocenters. The molecule has 0 fully saturated rings. The molecule has 0 aliphatic rings. The standard InChI is InChI=1S/C13H20N4S2/c1-9-11(19-8-14-9)12-15-10(6-7-18-5)16-17(12)13(2,3)4/h8H,6-7H2,1-5H3. The van der Waals surface area contributed by atoms with Crippen LogP contribution in [0.25, 0.3) is 10.7 Å². The summed E-state index contributed by atoms with van der Waals surface area (Å²) in [5, 5.41) is 4.69. The molecule has 6 heteroatoms. The highest BCUT2D eigenvalue weighted by Gasteiger charge is 2.23. The van der Waals surface area contributed by atoms with Gasteiger partial charge in [0.2, 0.25) is 0 Å². The first-order valence-electron chi connectivity index (χ1n) is 6.29. The molecule has 2 rings (SSSR count). The fraction of sp³-hybridized carbons (Fsp3) is 0.615. The van der Waals surface area contributed by atoms with Crippen molar-refractivity contribution >= 4 is 23.1 Å². The van der Waals surface area contributed by atoms with Crippen LogP contribution in [0.4, 0.5) is 0 Å². The van der Waals surface area contributed by atoms with Gasteiger partial charge in [0.05, 0.1) is 21.6 Å². The van der Waals surface area contributed by atoms with Gasteiger partial charge in [-0.15, -0.1) is 11.3 Å². The number of rotatable bonds is 4. The number of hydrogen-bond acceptors (Lipinski definition) is 5. The Morgan fingerprint density at radius 1 is 1.37 bits per heavy atom. The molecule has 0 aromatic carbocycles. The summed E-state index contributed by atoms with van der Waals surface area (Å²) in [6.45, 7) is 8.48. The monoisotopic (exact) mass is 296 g/mol. The number of thiazole rings is 1. The minimum Gasteiger partial charge on any atom is -0.249 e. The molecule has 2 heterocycles. The smallest absolute Gasteiger partial charge is 0.170 e. The number of nitrogens with zero attached hydrogens (tertiary/aromatic N) is 4. The molecule has 0 N–H and O–H groups in total. The lowest BCUT2D eigenvalue weighted by atomic mass is 10.1. The topological polar surface area (TPSA) is 43.6 Å². The molecule has 0 saturated carbocycles. The third-order valence-electron chi connectivity index (χ3n) is 2.76. The van der Waals surface area contributed by atoms with Crippen LogP contribution in [0.1, 0.15) is 32.3 Å². The minimum absolute atomic E-state index is 0.0730. The average molecular weight is 296 g/mol. The van der Waals surface area contributed by atoms with Gasteiger partial charge in [-0.3, -0.25) is 0 Å². The molecule has 0 amide bonds. The molecule has 0 radical (unpaired) electrons. The fourth-order valence-corrected chi connectivity index (χ4v) is 2.95. The first-order valence-corrected chi connectivity index (χ1v) is 8.56. The third-order valence-corrected chi connectivity index (χ3v) is 4.30. The van der Waals surface area contributed by atoms with Crippen LogP contribution in [0.5, 0.6) is 0 Å². The zero-order chi connectivity index (χ0) is 14.0. The highest BCUT2D eigenvalue weighted by atomic mass is 32.2. The molecule has 19 heavy (non-hydrogen) atoms. The molecule has 0 aliphatic carbocycles. The zero-order valence-corrected chi connectivity index (χ0v) is 13.7. The van der Waals surface area contributed by atoms with Crippen molar-refractivity contribution in [2.75, 3.05) is 12.0 Å². The number of aromatic nitrogens is 4. The largest absolute Gasteiger partial charge is 0.249 e. The summed E-state index contributed by atoms with van der Waals surface area (Å²) < 4.78 is 2.03. The van der Waals surface area contributed by atoms with Gasteiger partial charge in [-0.05, 0) is 34.0 Å². The Balaban J connectivity index is 2.46. The van der Waals surface area contributed by atoms with Crippen molar-refractivity contribution in [3.05, 3.63) is 17.0 Å². The normalized spacial score (nSPS) is 12.1. The van der Waals surface area contributed by atoms with E-state index in [1.54, 1.807) is 11.3 Å². The Kier molecular flexibility index (Phi) is 4.30. The average Bonchev–Trinajstić information content (AvgIpc) is 2.91. The molecule has 0 aliphatic heterocycles. The predicted molar refractivity (Wildman–Crippen MR) is 82.9 cm³/mol. The molecule has 0 spiro atoms. The highest BCUT2D eigenvalue weighted by molar-refractivity contribution is 7.98. The van der Waals surface area contributed by atoms with E-state index in [2.05, 4.69) is 37.1 Å². The molecule has 2 aromatic rings. The second kappa shape index (κ2) is 5.63. The lowest BCUT2D eigenvalue weighted by Gasteiger charge is -2.20. The summed E-state index contributed by atoms with van der Waals surface area (Å²) in [6, 6.07) is 0. The van der Waals surface area contributed by atoms with E-state index in [0.29, 0.717) is 0 Å². The maximum atomic E-state index is 4.73. The maximum Gasteiger partial charge on any atom is 0.170 e. The van der Waals surface area contributed by atoms with E-state index in [1.165, 1.54) is 0 Å². The maximum absolute atomic E-state index is 4.73. The SMILES string of the molecule is CSCCc1nc(-c2scnc2C)n(C(C)(C)C)n1. The van der Waals surface area contributed by atoms with E-state index in [9.17, 15) is 0 Å². The summed E-state index contributed by atoms with van der Waals surface area (Å²) in [6.07, 6.45) is 3.02. The van der Waals surface area contributed by atoms with Crippen molar-refractivity contribution in [1.82, 2.24) is 19.7 Å². The number of thioether (sulfide) groups is 1. The molecule has 0 atom stereocenters. The molecule has 104 valence electrons. The number of aryl methyl sites for hydroxylation is 2. The van der Waals surface area contributed by atoms with Crippen LogP contribution < -0.4 is 0 Å². The Bertz CT molecular complexity index is 551. The zero-order valence-electron chi connectivity index (χ0n) is 12.1. The second-order valence-corrected chi connectivity index (χ2v) is 7.28. The minimum atomic E-state index is -0.0730. The van der Waals surface area contributed by atoms with Crippen molar-refractivity contribution < 1.29 is 0 Å². The summed E-state index contributed by atoms with van der Waals surface area (Å²) >= 11 is 3.45. The Morgan fingerprint density at radius 2 is 2.11 bits per heavy atom. The van der Waals surface area contributed by atoms with Crippen molar-refractivity contribution in [2.24, 2.45) is 0 Å². The summed E-state index contributed by atoms with van der Waals surface area (Å²) in [5.74, 6) is 2.92. The molecule has 2 aromatic heterocycles. The van der Waals surface area contributed by atoms with Gasteiger partial charge in [-0.2, -0.15) is 16.9 Å². The van der Waals surface area contributed by atoms with Gasteiger partial charge >= 0.3 is 0 Å². The van der Waals surface area contributed by atoms with Crippen molar-refractivity contribution in [3.8, 4) is 10.7 Å². The van der Waals surface area contributed by atoms with Crippen molar-refractivity contribution in [3.63, 3.8) is 0 Å². The van der Waals surface area contributed by atoms with Crippen LogP contribution in [0, 0.1) is 6.92 Å². The first-order chi connectivity index (χ1) is 8.93. The lowest BCUT2D eigenvalue weighted by molar-refractivity contribution is 0.357. The van der Waals surface area contributed by atoms with Crippen LogP contribution in [-0.2, 0) is 12.0 Å². The summed E-state index contributed by atoms with van der Waals surface area (Å²) in [4.78, 5) is 10.2. The lowest BCUT2D eigenvalue weighted by Crippen LogP contribution is -2.24. The van der Waals surface area contributed by atoms with Crippen LogP contribution >= 0.6 is 23.1 Å². The van der Waals surface area contributed by atoms with Crippen molar-refractivity contribution in [2.45, 2.75) is 39.7 Å². The first kappa shape index (κ1) is 14.5. The van der Waals surface area contributed by atoms with E-state index in [-0.39, 0.29) is 5.54 Å². The fourth-order valence-electron chi connectivity index (χ4n) is 1.79. The van der Waals surface area contributed by atoms with E-state index in [4.69, 9.17) is 4.98 Å². The van der Waals surface area contributed by atoms with Gasteiger partial charge in [0.1, 0.15) is 0 Å². The molecule has 4 nitrogen and oxygen atoms in total. The summed E-state index contributed by atoms with van der Waals surface area (Å²) in [7, 11) is 0. The van der Waals surface area contributed by atoms with Gasteiger partial charge in [0, 0.05) is 12.2 Å². The Labute approximate surface area is 122 Å². The Morgan fingerprint density at radius 3 is 2.63 bits per heavy atom. The third kappa shape index (κ3) is 3.17. The predicted octanol–water partition coefficient (Wildman–Crippen LogP) is 3.37. The van der Waals surface area contributed by atoms with Gasteiger partial charge in [0.25, 0.3) is 0 Å². The quantitative estimate of drug-likeness (QED) is 0.867. The van der Waals surface area contributed by atoms with E-state index in [1.807, 2.05) is 28.9 Å². The van der Waals surface area contributed by atoms with E-state index in [0.717, 1.165) is 34.4 Å². The van der Waals surface area contributed by atoms with Gasteiger partial charge in [-0.1, -0.05) is 0 Å². The van der Waals surface area contributed by atoms with E-state index < -0.39 is 0 Å². The van der Waals surface area contributed by atoms with Gasteiger partial charge in [0.15, 0.2) is 11.6 Å². The number of hydrogen-bond donors (Lipinski definition) is 0. The van der Waals surface area contributed by atoms with Crippen LogP contribution in [0.15, 0.2) is 5.51 Å². The highest BCUT2D eigenvalue weighted by Crippen LogP contribution is 2.29. The Hall–Kier alpha value is -0.880. The van der Waals surface area contributed by atoms with Gasteiger partial charge < -0.3 is 0 Å². The van der Waals surface area contributed by atoms with Crippen LogP contribution in [0.3, 0.4) is 0 Å². The van der Waals surface area contributed by atoms with Crippen molar-refractivity contribution in [1.29, 1.82) is 0 Å². The van der Waals surface area contributed by atoms with Gasteiger partial charge in [-0.25, -0.2) is 14.6 Å². The molecule has 0 bridgehead atoms. The van der Waals surface area contributed by atoms with Crippen LogP contribution in [0.2, 0.25) is 0 Å². The van der Waals surface area contributed by atoms with E-state index >= 15 is 0 Å². The molecular formula is C13H20N4S2.